The predicted molar refractivity (Wildman–Crippen MR) is 79.2 cm³/mol. The molecule has 3 nitrogen and oxygen atoms in total. The molecule has 108 valence electrons. The summed E-state index contributed by atoms with van der Waals surface area (Å²) in [4.78, 5) is -0.0987. The van der Waals surface area contributed by atoms with Crippen molar-refractivity contribution in [2.24, 2.45) is 0 Å². The molecule has 0 radical (unpaired) electrons. The summed E-state index contributed by atoms with van der Waals surface area (Å²) < 4.78 is 34.4. The molecule has 0 aliphatic heterocycles. The maximum atomic E-state index is 11.5. The normalized spacial score (nSPS) is 11.7. The van der Waals surface area contributed by atoms with Crippen LogP contribution in [0.25, 0.3) is 11.1 Å². The van der Waals surface area contributed by atoms with Gasteiger partial charge in [0.05, 0.1) is 4.90 Å². The van der Waals surface area contributed by atoms with Crippen molar-refractivity contribution in [1.29, 1.82) is 0 Å². The van der Waals surface area contributed by atoms with Crippen LogP contribution in [0.3, 0.4) is 0 Å². The van der Waals surface area contributed by atoms with Crippen molar-refractivity contribution in [3.63, 3.8) is 0 Å². The summed E-state index contributed by atoms with van der Waals surface area (Å²) in [6.45, 7) is 8.11. The molecule has 0 saturated carbocycles. The Bertz CT molecular complexity index is 721. The molecule has 0 aromatic heterocycles. The zero-order chi connectivity index (χ0) is 15.1. The molecule has 0 heterocycles. The van der Waals surface area contributed by atoms with E-state index in [1.54, 1.807) is 6.07 Å². The summed E-state index contributed by atoms with van der Waals surface area (Å²) in [7, 11) is -4.45. The van der Waals surface area contributed by atoms with E-state index in [1.807, 2.05) is 19.9 Å². The molecule has 0 amide bonds. The first kappa shape index (κ1) is 18.7. The summed E-state index contributed by atoms with van der Waals surface area (Å²) >= 11 is 0. The summed E-state index contributed by atoms with van der Waals surface area (Å²) in [6, 6.07) is 7.28. The van der Waals surface area contributed by atoms with Crippen LogP contribution in [0.2, 0.25) is 0 Å². The number of hydrogen-bond donors (Lipinski definition) is 0. The van der Waals surface area contributed by atoms with Gasteiger partial charge in [0.2, 0.25) is 0 Å². The van der Waals surface area contributed by atoms with Crippen LogP contribution in [0.1, 0.15) is 43.4 Å². The van der Waals surface area contributed by atoms with Crippen LogP contribution in [0.5, 0.6) is 0 Å². The maximum absolute atomic E-state index is 11.5. The summed E-state index contributed by atoms with van der Waals surface area (Å²) in [5, 5.41) is 0. The van der Waals surface area contributed by atoms with E-state index in [2.05, 4.69) is 19.9 Å². The average molecular weight is 314 g/mol. The largest absolute Gasteiger partial charge is 1.00 e. The van der Waals surface area contributed by atoms with E-state index in [9.17, 15) is 13.0 Å². The van der Waals surface area contributed by atoms with Crippen molar-refractivity contribution in [3.05, 3.63) is 41.0 Å². The summed E-state index contributed by atoms with van der Waals surface area (Å²) in [5.74, 6) is 0.350. The first-order valence-electron chi connectivity index (χ1n) is 6.77. The molecule has 5 heteroatoms. The van der Waals surface area contributed by atoms with Gasteiger partial charge >= 0.3 is 29.6 Å². The molecule has 0 aromatic rings. The Morgan fingerprint density at radius 2 is 1.81 bits per heavy atom. The van der Waals surface area contributed by atoms with Crippen LogP contribution < -0.4 is 29.6 Å². The van der Waals surface area contributed by atoms with Gasteiger partial charge < -0.3 is 4.55 Å². The summed E-state index contributed by atoms with van der Waals surface area (Å²) in [6.07, 6.45) is 0.702. The first-order valence-corrected chi connectivity index (χ1v) is 8.18. The number of hydrogen-bond acceptors (Lipinski definition) is 3. The smallest absolute Gasteiger partial charge is 0.744 e. The summed E-state index contributed by atoms with van der Waals surface area (Å²) in [5.41, 5.74) is 4.50. The van der Waals surface area contributed by atoms with Crippen molar-refractivity contribution in [2.75, 3.05) is 0 Å². The van der Waals surface area contributed by atoms with E-state index in [-0.39, 0.29) is 34.5 Å². The Hall–Kier alpha value is -0.390. The fraction of sp³-hybridized carbons (Fsp3) is 0.375. The van der Waals surface area contributed by atoms with Gasteiger partial charge in [-0.1, -0.05) is 39.0 Å². The van der Waals surface area contributed by atoms with Gasteiger partial charge in [-0.15, -0.1) is 0 Å². The predicted octanol–water partition coefficient (Wildman–Crippen LogP) is 0.694. The third-order valence-electron chi connectivity index (χ3n) is 3.70. The quantitative estimate of drug-likeness (QED) is 0.619. The van der Waals surface area contributed by atoms with Gasteiger partial charge in [0.15, 0.2) is 0 Å². The number of fused-ring (bicyclic) bond motifs is 1. The van der Waals surface area contributed by atoms with Crippen LogP contribution in [0.4, 0.5) is 0 Å². The fourth-order valence-electron chi connectivity index (χ4n) is 2.63. The molecule has 21 heavy (non-hydrogen) atoms. The van der Waals surface area contributed by atoms with Crippen LogP contribution in [0.15, 0.2) is 29.2 Å². The SMILES string of the molecule is CCc1cc(S(=O)(=O)[O-])c2ccc(C(C)C)cc(C)c1-2.[Na+]. The molecule has 0 spiro atoms. The van der Waals surface area contributed by atoms with Crippen molar-refractivity contribution >= 4 is 10.1 Å². The Kier molecular flexibility index (Phi) is 6.04. The fourth-order valence-corrected chi connectivity index (χ4v) is 3.36. The molecule has 0 atom stereocenters. The standard InChI is InChI=1S/C16H20O3S.Na/c1-5-12-9-15(20(17,18)19)14-7-6-13(10(2)3)8-11(4)16(12)14;/h6-10H,5H2,1-4H3,(H,17,18,19);/q;+1/p-1. The van der Waals surface area contributed by atoms with Gasteiger partial charge in [-0.25, -0.2) is 8.42 Å². The van der Waals surface area contributed by atoms with E-state index < -0.39 is 10.1 Å². The molecule has 2 aliphatic carbocycles. The maximum Gasteiger partial charge on any atom is 1.00 e. The Morgan fingerprint density at radius 1 is 1.19 bits per heavy atom. The number of rotatable bonds is 3. The number of aryl methyl sites for hydroxylation is 2. The van der Waals surface area contributed by atoms with Crippen molar-refractivity contribution in [1.82, 2.24) is 0 Å². The molecular formula is C16H19NaO3S. The minimum absolute atomic E-state index is 0. The zero-order valence-electron chi connectivity index (χ0n) is 13.2. The molecule has 2 aliphatic rings. The van der Waals surface area contributed by atoms with Gasteiger partial charge in [-0.05, 0) is 53.1 Å². The van der Waals surface area contributed by atoms with Crippen LogP contribution in [0, 0.1) is 6.92 Å². The van der Waals surface area contributed by atoms with Crippen molar-refractivity contribution < 1.29 is 42.5 Å². The topological polar surface area (TPSA) is 57.2 Å². The molecule has 0 aromatic carbocycles. The zero-order valence-corrected chi connectivity index (χ0v) is 16.0. The van der Waals surface area contributed by atoms with Crippen LogP contribution in [-0.2, 0) is 16.5 Å². The van der Waals surface area contributed by atoms with Crippen molar-refractivity contribution in [2.45, 2.75) is 44.9 Å². The van der Waals surface area contributed by atoms with Gasteiger partial charge in [0, 0.05) is 0 Å². The Morgan fingerprint density at radius 3 is 2.29 bits per heavy atom. The monoisotopic (exact) mass is 314 g/mol. The molecule has 0 unspecified atom stereocenters. The van der Waals surface area contributed by atoms with Crippen molar-refractivity contribution in [3.8, 4) is 11.1 Å². The van der Waals surface area contributed by atoms with Crippen LogP contribution >= 0.6 is 0 Å². The molecule has 2 rings (SSSR count). The minimum atomic E-state index is -4.45. The second-order valence-electron chi connectivity index (χ2n) is 5.45. The van der Waals surface area contributed by atoms with E-state index in [0.29, 0.717) is 17.9 Å². The van der Waals surface area contributed by atoms with E-state index in [0.717, 1.165) is 22.3 Å². The van der Waals surface area contributed by atoms with Gasteiger partial charge in [-0.3, -0.25) is 0 Å². The molecule has 0 N–H and O–H groups in total. The van der Waals surface area contributed by atoms with Gasteiger partial charge in [0.25, 0.3) is 0 Å². The van der Waals surface area contributed by atoms with Crippen LogP contribution in [-0.4, -0.2) is 13.0 Å². The molecular weight excluding hydrogens is 295 g/mol. The second-order valence-corrected chi connectivity index (χ2v) is 6.79. The molecule has 0 bridgehead atoms. The molecule has 0 saturated heterocycles. The third-order valence-corrected chi connectivity index (χ3v) is 4.57. The van der Waals surface area contributed by atoms with Gasteiger partial charge in [0.1, 0.15) is 10.1 Å². The Balaban J connectivity index is 0.00000220. The second kappa shape index (κ2) is 6.80. The minimum Gasteiger partial charge on any atom is -0.744 e. The Labute approximate surface area is 149 Å². The average Bonchev–Trinajstić information content (AvgIpc) is 2.63. The van der Waals surface area contributed by atoms with E-state index >= 15 is 0 Å². The first-order chi connectivity index (χ1) is 9.25. The third kappa shape index (κ3) is 3.69. The molecule has 0 fully saturated rings. The van der Waals surface area contributed by atoms with E-state index in [1.165, 1.54) is 6.07 Å². The van der Waals surface area contributed by atoms with E-state index in [4.69, 9.17) is 0 Å². The van der Waals surface area contributed by atoms with Gasteiger partial charge in [-0.2, -0.15) is 0 Å².